The number of amides is 1. The highest BCUT2D eigenvalue weighted by molar-refractivity contribution is 5.92. The van der Waals surface area contributed by atoms with E-state index in [0.29, 0.717) is 29.8 Å². The van der Waals surface area contributed by atoms with Crippen LogP contribution in [0.4, 0.5) is 4.39 Å². The number of imidazole rings is 1. The highest BCUT2D eigenvalue weighted by Crippen LogP contribution is 2.42. The first-order chi connectivity index (χ1) is 21.3. The number of carbonyl (C=O) groups is 2. The third kappa shape index (κ3) is 5.33. The number of nitrogens with two attached hydrogens (primary N) is 1. The lowest BCUT2D eigenvalue weighted by atomic mass is 9.87. The van der Waals surface area contributed by atoms with E-state index in [2.05, 4.69) is 16.0 Å². The van der Waals surface area contributed by atoms with Gasteiger partial charge in [-0.05, 0) is 74.2 Å². The number of nitrogens with zero attached hydrogens (tertiary/aromatic N) is 4. The zero-order valence-electron chi connectivity index (χ0n) is 24.0. The number of hydrogen-bond donors (Lipinski definition) is 2. The minimum Gasteiger partial charge on any atom is -0.481 e. The van der Waals surface area contributed by atoms with Gasteiger partial charge in [-0.1, -0.05) is 30.3 Å². The Morgan fingerprint density at radius 1 is 1.05 bits per heavy atom. The van der Waals surface area contributed by atoms with Crippen LogP contribution >= 0.6 is 0 Å². The molecule has 226 valence electrons. The van der Waals surface area contributed by atoms with Gasteiger partial charge in [0.2, 0.25) is 5.91 Å². The van der Waals surface area contributed by atoms with Gasteiger partial charge >= 0.3 is 5.97 Å². The van der Waals surface area contributed by atoms with Crippen molar-refractivity contribution in [1.29, 1.82) is 0 Å². The van der Waals surface area contributed by atoms with Crippen LogP contribution < -0.4 is 10.5 Å². The van der Waals surface area contributed by atoms with Gasteiger partial charge in [0, 0.05) is 23.3 Å². The molecule has 0 radical (unpaired) electrons. The van der Waals surface area contributed by atoms with E-state index in [1.807, 2.05) is 28.9 Å². The molecule has 3 aliphatic heterocycles. The Hall–Kier alpha value is -4.61. The fourth-order valence-corrected chi connectivity index (χ4v) is 6.31. The Morgan fingerprint density at radius 3 is 2.57 bits per heavy atom. The summed E-state index contributed by atoms with van der Waals surface area (Å²) in [5.74, 6) is -0.403. The zero-order chi connectivity index (χ0) is 30.4. The van der Waals surface area contributed by atoms with E-state index in [-0.39, 0.29) is 23.3 Å². The number of carboxylic acid groups (broad SMARTS) is 1. The van der Waals surface area contributed by atoms with Crippen molar-refractivity contribution in [2.45, 2.75) is 50.5 Å². The summed E-state index contributed by atoms with van der Waals surface area (Å²) in [6, 6.07) is 13.5. The van der Waals surface area contributed by atoms with Crippen molar-refractivity contribution in [2.24, 2.45) is 5.73 Å². The summed E-state index contributed by atoms with van der Waals surface area (Å²) >= 11 is 0. The number of para-hydroxylation sites is 1. The van der Waals surface area contributed by atoms with Gasteiger partial charge in [-0.3, -0.25) is 9.69 Å². The second-order valence-electron chi connectivity index (χ2n) is 11.6. The summed E-state index contributed by atoms with van der Waals surface area (Å²) in [6.45, 7) is 3.62. The minimum absolute atomic E-state index is 0.00329. The third-order valence-corrected chi connectivity index (χ3v) is 8.83. The first-order valence-corrected chi connectivity index (χ1v) is 14.8. The predicted molar refractivity (Wildman–Crippen MR) is 160 cm³/mol. The van der Waals surface area contributed by atoms with Crippen molar-refractivity contribution in [1.82, 2.24) is 19.4 Å². The molecule has 2 atom stereocenters. The first-order valence-electron chi connectivity index (χ1n) is 14.8. The smallest absolute Gasteiger partial charge is 0.354 e. The van der Waals surface area contributed by atoms with Crippen molar-refractivity contribution >= 4 is 29.1 Å². The van der Waals surface area contributed by atoms with Crippen molar-refractivity contribution in [2.75, 3.05) is 19.7 Å². The molecule has 3 aliphatic rings. The molecule has 2 aromatic heterocycles. The average molecular weight is 598 g/mol. The van der Waals surface area contributed by atoms with E-state index in [0.717, 1.165) is 67.7 Å². The standard InChI is InChI=1S/C33H32FN5O5/c34-25-16-21(31(35)40)4-6-24(25)28-9-5-20-2-1-3-23(30(20)44-28)19-10-13-38(14-11-19)18-29-36-26-7-8-27(33(41)42)37-32(26)39(29)17-22-12-15-43-22/h1-9,16,19,22,28H,10-15,17-18H2,(H2,35,40)(H,41,42). The number of aromatic carboxylic acids is 1. The molecule has 2 fully saturated rings. The number of hydrogen-bond acceptors (Lipinski definition) is 7. The maximum absolute atomic E-state index is 14.9. The van der Waals surface area contributed by atoms with E-state index in [1.54, 1.807) is 12.1 Å². The van der Waals surface area contributed by atoms with Crippen LogP contribution in [-0.4, -0.2) is 62.2 Å². The molecule has 0 bridgehead atoms. The lowest BCUT2D eigenvalue weighted by molar-refractivity contribution is -0.0593. The highest BCUT2D eigenvalue weighted by Gasteiger charge is 2.29. The molecule has 5 heterocycles. The topological polar surface area (TPSA) is 133 Å². The second-order valence-corrected chi connectivity index (χ2v) is 11.6. The Balaban J connectivity index is 1.07. The van der Waals surface area contributed by atoms with Crippen LogP contribution in [0.25, 0.3) is 17.2 Å². The Bertz CT molecular complexity index is 1790. The van der Waals surface area contributed by atoms with Gasteiger partial charge in [0.1, 0.15) is 29.0 Å². The summed E-state index contributed by atoms with van der Waals surface area (Å²) in [7, 11) is 0. The van der Waals surface area contributed by atoms with E-state index in [1.165, 1.54) is 12.1 Å². The third-order valence-electron chi connectivity index (χ3n) is 8.83. The number of carboxylic acids is 1. The normalized spacial score (nSPS) is 20.2. The van der Waals surface area contributed by atoms with E-state index >= 15 is 0 Å². The lowest BCUT2D eigenvalue weighted by Crippen LogP contribution is -2.35. The van der Waals surface area contributed by atoms with E-state index in [4.69, 9.17) is 20.2 Å². The van der Waals surface area contributed by atoms with Crippen molar-refractivity contribution in [3.05, 3.63) is 94.2 Å². The molecule has 2 saturated heterocycles. The van der Waals surface area contributed by atoms with E-state index in [9.17, 15) is 19.1 Å². The number of ether oxygens (including phenoxy) is 2. The van der Waals surface area contributed by atoms with Crippen LogP contribution in [0.1, 0.15) is 74.6 Å². The van der Waals surface area contributed by atoms with Crippen LogP contribution in [-0.2, 0) is 17.8 Å². The maximum Gasteiger partial charge on any atom is 0.354 e. The summed E-state index contributed by atoms with van der Waals surface area (Å²) in [5, 5.41) is 9.48. The molecular formula is C33H32FN5O5. The molecule has 7 rings (SSSR count). The van der Waals surface area contributed by atoms with Gasteiger partial charge in [0.05, 0.1) is 19.2 Å². The number of benzene rings is 2. The number of pyridine rings is 1. The summed E-state index contributed by atoms with van der Waals surface area (Å²) in [5.41, 5.74) is 9.08. The molecule has 0 saturated carbocycles. The lowest BCUT2D eigenvalue weighted by Gasteiger charge is -2.34. The number of aromatic nitrogens is 3. The number of likely N-dealkylation sites (tertiary alicyclic amines) is 1. The summed E-state index contributed by atoms with van der Waals surface area (Å²) in [4.78, 5) is 34.7. The van der Waals surface area contributed by atoms with Gasteiger partial charge in [-0.25, -0.2) is 19.2 Å². The van der Waals surface area contributed by atoms with Crippen molar-refractivity contribution < 1.29 is 28.6 Å². The second kappa shape index (κ2) is 11.5. The van der Waals surface area contributed by atoms with Crippen LogP contribution in [0.15, 0.2) is 54.6 Å². The summed E-state index contributed by atoms with van der Waals surface area (Å²) in [6.07, 6.45) is 6.01. The molecule has 4 aromatic rings. The monoisotopic (exact) mass is 597 g/mol. The fraction of sp³-hybridized carbons (Fsp3) is 0.333. The van der Waals surface area contributed by atoms with Gasteiger partial charge in [0.15, 0.2) is 11.3 Å². The quantitative estimate of drug-likeness (QED) is 0.299. The van der Waals surface area contributed by atoms with Crippen molar-refractivity contribution in [3.63, 3.8) is 0 Å². The van der Waals surface area contributed by atoms with Gasteiger partial charge in [0.25, 0.3) is 0 Å². The van der Waals surface area contributed by atoms with E-state index < -0.39 is 23.8 Å². The molecule has 0 spiro atoms. The largest absolute Gasteiger partial charge is 0.481 e. The average Bonchev–Trinajstić information content (AvgIpc) is 3.34. The Labute approximate surface area is 252 Å². The molecule has 2 unspecified atom stereocenters. The minimum atomic E-state index is -1.07. The molecule has 10 nitrogen and oxygen atoms in total. The number of fused-ring (bicyclic) bond motifs is 2. The predicted octanol–water partition coefficient (Wildman–Crippen LogP) is 4.68. The zero-order valence-corrected chi connectivity index (χ0v) is 24.0. The molecule has 2 aromatic carbocycles. The molecule has 11 heteroatoms. The molecule has 0 aliphatic carbocycles. The number of primary amides is 1. The van der Waals surface area contributed by atoms with Crippen LogP contribution in [0.5, 0.6) is 5.75 Å². The van der Waals surface area contributed by atoms with Crippen LogP contribution in [0.3, 0.4) is 0 Å². The Kier molecular flexibility index (Phi) is 7.35. The first kappa shape index (κ1) is 28.2. The maximum atomic E-state index is 14.9. The van der Waals surface area contributed by atoms with Crippen molar-refractivity contribution in [3.8, 4) is 5.75 Å². The van der Waals surface area contributed by atoms with Gasteiger partial charge in [-0.15, -0.1) is 0 Å². The fourth-order valence-electron chi connectivity index (χ4n) is 6.31. The molecular weight excluding hydrogens is 565 g/mol. The molecule has 44 heavy (non-hydrogen) atoms. The number of piperidine rings is 1. The highest BCUT2D eigenvalue weighted by atomic mass is 19.1. The molecule has 1 amide bonds. The van der Waals surface area contributed by atoms with Gasteiger partial charge < -0.3 is 24.9 Å². The number of halogens is 1. The van der Waals surface area contributed by atoms with Crippen LogP contribution in [0, 0.1) is 5.82 Å². The van der Waals surface area contributed by atoms with Gasteiger partial charge in [-0.2, -0.15) is 0 Å². The summed E-state index contributed by atoms with van der Waals surface area (Å²) < 4.78 is 29.0. The number of rotatable bonds is 8. The Morgan fingerprint density at radius 2 is 1.86 bits per heavy atom. The SMILES string of the molecule is NC(=O)c1ccc(C2C=Cc3cccc(C4CCN(Cc5nc6ccc(C(=O)O)nc6n5CC5CCO5)CC4)c3O2)c(F)c1. The number of carbonyl (C=O) groups excluding carboxylic acids is 1. The molecule has 3 N–H and O–H groups in total. The van der Waals surface area contributed by atoms with Crippen LogP contribution in [0.2, 0.25) is 0 Å².